The summed E-state index contributed by atoms with van der Waals surface area (Å²) in [6.07, 6.45) is 4.55. The molecule has 1 aliphatic carbocycles. The third-order valence-corrected chi connectivity index (χ3v) is 3.37. The van der Waals surface area contributed by atoms with Crippen molar-refractivity contribution in [2.75, 3.05) is 6.54 Å². The normalized spacial score (nSPS) is 18.3. The molecule has 0 aromatic carbocycles. The molecule has 1 aliphatic rings. The molecule has 112 valence electrons. The summed E-state index contributed by atoms with van der Waals surface area (Å²) in [6, 6.07) is -0.140. The van der Waals surface area contributed by atoms with Gasteiger partial charge in [0, 0.05) is 31.0 Å². The maximum absolute atomic E-state index is 11.9. The molecule has 0 heterocycles. The molecule has 1 saturated carbocycles. The Labute approximate surface area is 121 Å². The van der Waals surface area contributed by atoms with Crippen LogP contribution in [-0.2, 0) is 9.59 Å². The van der Waals surface area contributed by atoms with E-state index < -0.39 is 0 Å². The molecule has 19 heavy (non-hydrogen) atoms. The predicted octanol–water partition coefficient (Wildman–Crippen LogP) is 0.957. The van der Waals surface area contributed by atoms with Crippen molar-refractivity contribution in [2.45, 2.75) is 58.0 Å². The van der Waals surface area contributed by atoms with Crippen LogP contribution in [0.2, 0.25) is 0 Å². The van der Waals surface area contributed by atoms with Crippen LogP contribution >= 0.6 is 12.4 Å². The summed E-state index contributed by atoms with van der Waals surface area (Å²) >= 11 is 0. The number of nitrogens with one attached hydrogen (secondary N) is 2. The molecular formula is C13H26ClN3O2. The molecule has 2 atom stereocenters. The number of halogens is 1. The van der Waals surface area contributed by atoms with Crippen molar-refractivity contribution in [1.29, 1.82) is 0 Å². The second-order valence-corrected chi connectivity index (χ2v) is 5.30. The first-order valence-corrected chi connectivity index (χ1v) is 6.82. The van der Waals surface area contributed by atoms with E-state index in [0.29, 0.717) is 13.0 Å². The molecule has 0 radical (unpaired) electrons. The molecular weight excluding hydrogens is 266 g/mol. The van der Waals surface area contributed by atoms with Gasteiger partial charge in [-0.2, -0.15) is 0 Å². The highest BCUT2D eigenvalue weighted by Crippen LogP contribution is 2.24. The molecule has 4 N–H and O–H groups in total. The van der Waals surface area contributed by atoms with Crippen LogP contribution in [0, 0.1) is 5.92 Å². The minimum Gasteiger partial charge on any atom is -0.353 e. The van der Waals surface area contributed by atoms with Gasteiger partial charge in [0.05, 0.1) is 0 Å². The second-order valence-electron chi connectivity index (χ2n) is 5.30. The van der Waals surface area contributed by atoms with Gasteiger partial charge in [-0.15, -0.1) is 12.4 Å². The average Bonchev–Trinajstić information content (AvgIpc) is 2.81. The van der Waals surface area contributed by atoms with E-state index >= 15 is 0 Å². The first kappa shape index (κ1) is 18.2. The topological polar surface area (TPSA) is 84.2 Å². The zero-order chi connectivity index (χ0) is 13.5. The Kier molecular flexibility index (Phi) is 8.76. The Morgan fingerprint density at radius 3 is 2.26 bits per heavy atom. The lowest BCUT2D eigenvalue weighted by molar-refractivity contribution is -0.126. The highest BCUT2D eigenvalue weighted by molar-refractivity contribution is 5.85. The Bertz CT molecular complexity index is 294. The number of rotatable bonds is 6. The van der Waals surface area contributed by atoms with Crippen molar-refractivity contribution in [2.24, 2.45) is 11.7 Å². The van der Waals surface area contributed by atoms with Crippen LogP contribution in [0.1, 0.15) is 46.0 Å². The van der Waals surface area contributed by atoms with Gasteiger partial charge in [0.15, 0.2) is 0 Å². The fourth-order valence-corrected chi connectivity index (χ4v) is 2.27. The number of nitrogens with two attached hydrogens (primary N) is 1. The molecule has 0 aromatic heterocycles. The summed E-state index contributed by atoms with van der Waals surface area (Å²) in [7, 11) is 0. The van der Waals surface area contributed by atoms with Crippen LogP contribution in [0.3, 0.4) is 0 Å². The maximum Gasteiger partial charge on any atom is 0.223 e. The highest BCUT2D eigenvalue weighted by atomic mass is 35.5. The fraction of sp³-hybridized carbons (Fsp3) is 0.846. The number of amides is 2. The lowest BCUT2D eigenvalue weighted by atomic mass is 10.1. The minimum atomic E-state index is -0.122. The van der Waals surface area contributed by atoms with Crippen LogP contribution < -0.4 is 16.4 Å². The van der Waals surface area contributed by atoms with E-state index in [9.17, 15) is 9.59 Å². The fourth-order valence-electron chi connectivity index (χ4n) is 2.27. The smallest absolute Gasteiger partial charge is 0.223 e. The van der Waals surface area contributed by atoms with E-state index in [1.165, 1.54) is 0 Å². The first-order valence-electron chi connectivity index (χ1n) is 6.82. The number of hydrogen-bond donors (Lipinski definition) is 3. The molecule has 0 spiro atoms. The average molecular weight is 292 g/mol. The quantitative estimate of drug-likeness (QED) is 0.681. The van der Waals surface area contributed by atoms with Crippen LogP contribution in [0.25, 0.3) is 0 Å². The van der Waals surface area contributed by atoms with Gasteiger partial charge in [0.1, 0.15) is 0 Å². The van der Waals surface area contributed by atoms with Crippen molar-refractivity contribution in [3.63, 3.8) is 0 Å². The lowest BCUT2D eigenvalue weighted by Crippen LogP contribution is -2.43. The second kappa shape index (κ2) is 9.15. The van der Waals surface area contributed by atoms with Crippen LogP contribution in [-0.4, -0.2) is 30.4 Å². The predicted molar refractivity (Wildman–Crippen MR) is 78.1 cm³/mol. The lowest BCUT2D eigenvalue weighted by Gasteiger charge is -2.18. The first-order chi connectivity index (χ1) is 8.52. The van der Waals surface area contributed by atoms with Gasteiger partial charge in [-0.25, -0.2) is 0 Å². The Balaban J connectivity index is 0.00000324. The summed E-state index contributed by atoms with van der Waals surface area (Å²) in [4.78, 5) is 23.5. The van der Waals surface area contributed by atoms with Gasteiger partial charge >= 0.3 is 0 Å². The third kappa shape index (κ3) is 6.78. The molecule has 0 bridgehead atoms. The van der Waals surface area contributed by atoms with Gasteiger partial charge in [0.2, 0.25) is 11.8 Å². The summed E-state index contributed by atoms with van der Waals surface area (Å²) in [5, 5.41) is 5.70. The summed E-state index contributed by atoms with van der Waals surface area (Å²) in [5.74, 6) is 0.185. The molecule has 1 fully saturated rings. The van der Waals surface area contributed by atoms with Crippen LogP contribution in [0.4, 0.5) is 0 Å². The molecule has 5 nitrogen and oxygen atoms in total. The Morgan fingerprint density at radius 1 is 1.16 bits per heavy atom. The Hall–Kier alpha value is -0.810. The van der Waals surface area contributed by atoms with Gasteiger partial charge in [-0.1, -0.05) is 12.8 Å². The van der Waals surface area contributed by atoms with E-state index in [1.807, 2.05) is 13.8 Å². The summed E-state index contributed by atoms with van der Waals surface area (Å²) < 4.78 is 0. The van der Waals surface area contributed by atoms with Gasteiger partial charge in [-0.3, -0.25) is 9.59 Å². The molecule has 1 rings (SSSR count). The van der Waals surface area contributed by atoms with E-state index in [0.717, 1.165) is 25.7 Å². The SMILES string of the molecule is CC(CC(=O)N[C@@H](C)CN)NC(=O)C1CCCC1.Cl. The van der Waals surface area contributed by atoms with Crippen molar-refractivity contribution in [3.8, 4) is 0 Å². The van der Waals surface area contributed by atoms with E-state index in [4.69, 9.17) is 5.73 Å². The van der Waals surface area contributed by atoms with E-state index in [1.54, 1.807) is 0 Å². The molecule has 6 heteroatoms. The molecule has 2 amide bonds. The van der Waals surface area contributed by atoms with Gasteiger partial charge in [0.25, 0.3) is 0 Å². The maximum atomic E-state index is 11.9. The van der Waals surface area contributed by atoms with Crippen molar-refractivity contribution in [3.05, 3.63) is 0 Å². The molecule has 1 unspecified atom stereocenters. The van der Waals surface area contributed by atoms with Crippen LogP contribution in [0.5, 0.6) is 0 Å². The molecule has 0 aliphatic heterocycles. The summed E-state index contributed by atoms with van der Waals surface area (Å²) in [5.41, 5.74) is 5.43. The van der Waals surface area contributed by atoms with E-state index in [-0.39, 0.29) is 42.2 Å². The van der Waals surface area contributed by atoms with Crippen LogP contribution in [0.15, 0.2) is 0 Å². The number of hydrogen-bond acceptors (Lipinski definition) is 3. The number of carbonyl (C=O) groups is 2. The number of carbonyl (C=O) groups excluding carboxylic acids is 2. The molecule has 0 aromatic rings. The largest absolute Gasteiger partial charge is 0.353 e. The zero-order valence-electron chi connectivity index (χ0n) is 11.8. The van der Waals surface area contributed by atoms with Crippen molar-refractivity contribution < 1.29 is 9.59 Å². The standard InChI is InChI=1S/C13H25N3O2.ClH/c1-9(7-12(17)15-10(2)8-14)16-13(18)11-5-3-4-6-11;/h9-11H,3-8,14H2,1-2H3,(H,15,17)(H,16,18);1H/t9?,10-;/m0./s1. The third-order valence-electron chi connectivity index (χ3n) is 3.37. The Morgan fingerprint density at radius 2 is 1.74 bits per heavy atom. The van der Waals surface area contributed by atoms with Gasteiger partial charge in [-0.05, 0) is 26.7 Å². The highest BCUT2D eigenvalue weighted by Gasteiger charge is 2.24. The van der Waals surface area contributed by atoms with E-state index in [2.05, 4.69) is 10.6 Å². The van der Waals surface area contributed by atoms with Crippen molar-refractivity contribution >= 4 is 24.2 Å². The van der Waals surface area contributed by atoms with Crippen molar-refractivity contribution in [1.82, 2.24) is 10.6 Å². The monoisotopic (exact) mass is 291 g/mol. The molecule has 0 saturated heterocycles. The minimum absolute atomic E-state index is 0. The van der Waals surface area contributed by atoms with Gasteiger partial charge < -0.3 is 16.4 Å². The summed E-state index contributed by atoms with van der Waals surface area (Å²) in [6.45, 7) is 4.15. The zero-order valence-corrected chi connectivity index (χ0v) is 12.6.